The fourth-order valence-corrected chi connectivity index (χ4v) is 3.07. The molecule has 1 aromatic carbocycles. The number of carbonyl (C=O) groups excluding carboxylic acids is 1. The van der Waals surface area contributed by atoms with Crippen molar-refractivity contribution in [1.82, 2.24) is 10.2 Å². The van der Waals surface area contributed by atoms with Gasteiger partial charge in [-0.15, -0.1) is 11.8 Å². The van der Waals surface area contributed by atoms with Crippen LogP contribution in [0.3, 0.4) is 0 Å². The zero-order valence-electron chi connectivity index (χ0n) is 12.4. The van der Waals surface area contributed by atoms with Gasteiger partial charge in [-0.25, -0.2) is 0 Å². The van der Waals surface area contributed by atoms with E-state index in [1.54, 1.807) is 11.8 Å². The van der Waals surface area contributed by atoms with Gasteiger partial charge in [0.1, 0.15) is 0 Å². The van der Waals surface area contributed by atoms with Crippen LogP contribution in [0.1, 0.15) is 30.1 Å². The maximum atomic E-state index is 12.5. The Bertz CT molecular complexity index is 427. The predicted molar refractivity (Wildman–Crippen MR) is 85.4 cm³/mol. The van der Waals surface area contributed by atoms with Crippen LogP contribution < -0.4 is 5.32 Å². The Kier molecular flexibility index (Phi) is 5.92. The number of amides is 1. The number of hydrogen-bond acceptors (Lipinski definition) is 3. The summed E-state index contributed by atoms with van der Waals surface area (Å²) in [5, 5.41) is 3.42. The van der Waals surface area contributed by atoms with E-state index in [1.165, 1.54) is 17.7 Å². The molecule has 2 rings (SSSR count). The van der Waals surface area contributed by atoms with E-state index in [9.17, 15) is 4.79 Å². The van der Waals surface area contributed by atoms with E-state index in [4.69, 9.17) is 0 Å². The molecular weight excluding hydrogens is 268 g/mol. The molecule has 1 aromatic rings. The molecular formula is C16H24N2OS. The van der Waals surface area contributed by atoms with Gasteiger partial charge in [-0.1, -0.05) is 0 Å². The molecule has 1 saturated heterocycles. The molecule has 1 fully saturated rings. The third-order valence-electron chi connectivity index (χ3n) is 3.88. The van der Waals surface area contributed by atoms with E-state index in [0.29, 0.717) is 5.92 Å². The number of nitrogens with one attached hydrogen (secondary N) is 1. The molecule has 1 heterocycles. The van der Waals surface area contributed by atoms with Gasteiger partial charge in [-0.05, 0) is 69.3 Å². The Hall–Kier alpha value is -1.00. The largest absolute Gasteiger partial charge is 0.339 e. The summed E-state index contributed by atoms with van der Waals surface area (Å²) in [5.74, 6) is 0.754. The van der Waals surface area contributed by atoms with Crippen molar-refractivity contribution in [2.45, 2.75) is 24.7 Å². The first kappa shape index (κ1) is 15.4. The summed E-state index contributed by atoms with van der Waals surface area (Å²) in [6.07, 6.45) is 4.49. The predicted octanol–water partition coefficient (Wildman–Crippen LogP) is 2.87. The van der Waals surface area contributed by atoms with Gasteiger partial charge < -0.3 is 10.2 Å². The van der Waals surface area contributed by atoms with Gasteiger partial charge in [-0.2, -0.15) is 0 Å². The molecule has 0 aromatic heterocycles. The van der Waals surface area contributed by atoms with Crippen LogP contribution in [0, 0.1) is 5.92 Å². The number of piperidine rings is 1. The molecule has 110 valence electrons. The van der Waals surface area contributed by atoms with E-state index < -0.39 is 0 Å². The normalized spacial score (nSPS) is 18.8. The molecule has 4 heteroatoms. The molecule has 1 N–H and O–H groups in total. The maximum Gasteiger partial charge on any atom is 0.253 e. The highest BCUT2D eigenvalue weighted by Gasteiger charge is 2.20. The fourth-order valence-electron chi connectivity index (χ4n) is 2.66. The van der Waals surface area contributed by atoms with Crippen molar-refractivity contribution in [2.75, 3.05) is 32.4 Å². The van der Waals surface area contributed by atoms with Gasteiger partial charge in [0.25, 0.3) is 5.91 Å². The van der Waals surface area contributed by atoms with Gasteiger partial charge in [-0.3, -0.25) is 4.79 Å². The van der Waals surface area contributed by atoms with Crippen LogP contribution in [-0.4, -0.2) is 43.2 Å². The first-order valence-electron chi connectivity index (χ1n) is 7.38. The zero-order valence-corrected chi connectivity index (χ0v) is 13.2. The SMILES string of the molecule is CCN(CC1CCCNC1)C(=O)c1ccc(SC)cc1. The second-order valence-corrected chi connectivity index (χ2v) is 6.16. The molecule has 0 aliphatic carbocycles. The van der Waals surface area contributed by atoms with Crippen molar-refractivity contribution in [3.8, 4) is 0 Å². The number of hydrogen-bond donors (Lipinski definition) is 1. The van der Waals surface area contributed by atoms with Crippen molar-refractivity contribution in [2.24, 2.45) is 5.92 Å². The molecule has 1 aliphatic heterocycles. The number of rotatable bonds is 5. The molecule has 20 heavy (non-hydrogen) atoms. The van der Waals surface area contributed by atoms with E-state index in [-0.39, 0.29) is 5.91 Å². The number of nitrogens with zero attached hydrogens (tertiary/aromatic N) is 1. The minimum absolute atomic E-state index is 0.158. The molecule has 3 nitrogen and oxygen atoms in total. The van der Waals surface area contributed by atoms with E-state index >= 15 is 0 Å². The van der Waals surface area contributed by atoms with Crippen LogP contribution in [0.5, 0.6) is 0 Å². The Balaban J connectivity index is 1.99. The van der Waals surface area contributed by atoms with Crippen molar-refractivity contribution in [1.29, 1.82) is 0 Å². The molecule has 1 atom stereocenters. The summed E-state index contributed by atoms with van der Waals surface area (Å²) in [5.41, 5.74) is 0.799. The smallest absolute Gasteiger partial charge is 0.253 e. The zero-order chi connectivity index (χ0) is 14.4. The number of benzene rings is 1. The Labute approximate surface area is 126 Å². The highest BCUT2D eigenvalue weighted by molar-refractivity contribution is 7.98. The maximum absolute atomic E-state index is 12.5. The summed E-state index contributed by atoms with van der Waals surface area (Å²) in [7, 11) is 0. The third-order valence-corrected chi connectivity index (χ3v) is 4.63. The van der Waals surface area contributed by atoms with E-state index in [2.05, 4.69) is 12.2 Å². The average molecular weight is 292 g/mol. The first-order valence-corrected chi connectivity index (χ1v) is 8.61. The van der Waals surface area contributed by atoms with Crippen molar-refractivity contribution < 1.29 is 4.79 Å². The molecule has 1 unspecified atom stereocenters. The average Bonchev–Trinajstić information content (AvgIpc) is 2.53. The van der Waals surface area contributed by atoms with Gasteiger partial charge >= 0.3 is 0 Å². The lowest BCUT2D eigenvalue weighted by atomic mass is 9.99. The molecule has 1 amide bonds. The van der Waals surface area contributed by atoms with Crippen LogP contribution in [-0.2, 0) is 0 Å². The molecule has 0 bridgehead atoms. The Morgan fingerprint density at radius 3 is 2.70 bits per heavy atom. The van der Waals surface area contributed by atoms with Crippen molar-refractivity contribution >= 4 is 17.7 Å². The van der Waals surface area contributed by atoms with E-state index in [0.717, 1.165) is 31.7 Å². The number of carbonyl (C=O) groups is 1. The Morgan fingerprint density at radius 1 is 1.40 bits per heavy atom. The van der Waals surface area contributed by atoms with Crippen LogP contribution in [0.2, 0.25) is 0 Å². The van der Waals surface area contributed by atoms with Gasteiger partial charge in [0.2, 0.25) is 0 Å². The fraction of sp³-hybridized carbons (Fsp3) is 0.562. The summed E-state index contributed by atoms with van der Waals surface area (Å²) < 4.78 is 0. The lowest BCUT2D eigenvalue weighted by Gasteiger charge is -2.29. The third kappa shape index (κ3) is 4.00. The second-order valence-electron chi connectivity index (χ2n) is 5.28. The van der Waals surface area contributed by atoms with Crippen LogP contribution in [0.15, 0.2) is 29.2 Å². The minimum Gasteiger partial charge on any atom is -0.339 e. The standard InChI is InChI=1S/C16H24N2OS/c1-3-18(12-13-5-4-10-17-11-13)16(19)14-6-8-15(20-2)9-7-14/h6-9,13,17H,3-5,10-12H2,1-2H3. The Morgan fingerprint density at radius 2 is 2.15 bits per heavy atom. The van der Waals surface area contributed by atoms with Gasteiger partial charge in [0, 0.05) is 23.5 Å². The van der Waals surface area contributed by atoms with Crippen LogP contribution >= 0.6 is 11.8 Å². The monoisotopic (exact) mass is 292 g/mol. The topological polar surface area (TPSA) is 32.3 Å². The van der Waals surface area contributed by atoms with Gasteiger partial charge in [0.05, 0.1) is 0 Å². The lowest BCUT2D eigenvalue weighted by Crippen LogP contribution is -2.41. The van der Waals surface area contributed by atoms with E-state index in [1.807, 2.05) is 35.4 Å². The van der Waals surface area contributed by atoms with Crippen LogP contribution in [0.4, 0.5) is 0 Å². The first-order chi connectivity index (χ1) is 9.74. The van der Waals surface area contributed by atoms with Crippen molar-refractivity contribution in [3.63, 3.8) is 0 Å². The minimum atomic E-state index is 0.158. The number of thioether (sulfide) groups is 1. The quantitative estimate of drug-likeness (QED) is 0.847. The molecule has 0 radical (unpaired) electrons. The van der Waals surface area contributed by atoms with Crippen molar-refractivity contribution in [3.05, 3.63) is 29.8 Å². The summed E-state index contributed by atoms with van der Waals surface area (Å²) >= 11 is 1.70. The highest BCUT2D eigenvalue weighted by Crippen LogP contribution is 2.17. The molecule has 1 aliphatic rings. The summed E-state index contributed by atoms with van der Waals surface area (Å²) in [6, 6.07) is 7.92. The summed E-state index contributed by atoms with van der Waals surface area (Å²) in [4.78, 5) is 15.7. The highest BCUT2D eigenvalue weighted by atomic mass is 32.2. The van der Waals surface area contributed by atoms with Crippen LogP contribution in [0.25, 0.3) is 0 Å². The van der Waals surface area contributed by atoms with Gasteiger partial charge in [0.15, 0.2) is 0 Å². The molecule has 0 spiro atoms. The summed E-state index contributed by atoms with van der Waals surface area (Å²) in [6.45, 7) is 5.86. The second kappa shape index (κ2) is 7.70. The molecule has 0 saturated carbocycles. The lowest BCUT2D eigenvalue weighted by molar-refractivity contribution is 0.0729.